The van der Waals surface area contributed by atoms with Crippen LogP contribution in [0.25, 0.3) is 0 Å². The van der Waals surface area contributed by atoms with Gasteiger partial charge >= 0.3 is 11.9 Å². The van der Waals surface area contributed by atoms with Crippen molar-refractivity contribution in [3.8, 4) is 0 Å². The first-order valence-corrected chi connectivity index (χ1v) is 4.39. The van der Waals surface area contributed by atoms with E-state index in [-0.39, 0.29) is 18.8 Å². The fraction of sp³-hybridized carbons (Fsp3) is 0.556. The van der Waals surface area contributed by atoms with Gasteiger partial charge in [0.2, 0.25) is 0 Å². The first-order valence-electron chi connectivity index (χ1n) is 4.39. The second kappa shape index (κ2) is 6.94. The average Bonchev–Trinajstić information content (AvgIpc) is 2.14. The summed E-state index contributed by atoms with van der Waals surface area (Å²) in [6.07, 6.45) is 1.26. The monoisotopic (exact) mass is 201 g/mol. The van der Waals surface area contributed by atoms with E-state index in [1.165, 1.54) is 6.20 Å². The Balaban J connectivity index is 4.51. The first-order chi connectivity index (χ1) is 6.67. The zero-order valence-corrected chi connectivity index (χ0v) is 8.62. The van der Waals surface area contributed by atoms with E-state index in [9.17, 15) is 9.59 Å². The minimum atomic E-state index is -0.680. The van der Waals surface area contributed by atoms with Gasteiger partial charge in [-0.05, 0) is 13.8 Å². The van der Waals surface area contributed by atoms with Gasteiger partial charge < -0.3 is 14.8 Å². The lowest BCUT2D eigenvalue weighted by molar-refractivity contribution is -0.146. The first kappa shape index (κ1) is 12.5. The highest BCUT2D eigenvalue weighted by Crippen LogP contribution is 2.00. The van der Waals surface area contributed by atoms with Crippen LogP contribution in [0.2, 0.25) is 0 Å². The number of hydrogen-bond donors (Lipinski definition) is 1. The molecule has 0 aliphatic rings. The molecule has 0 aromatic rings. The molecule has 0 aromatic carbocycles. The summed E-state index contributed by atoms with van der Waals surface area (Å²) >= 11 is 0. The zero-order valence-electron chi connectivity index (χ0n) is 8.62. The van der Waals surface area contributed by atoms with Crippen molar-refractivity contribution in [2.24, 2.45) is 0 Å². The molecule has 1 N–H and O–H groups in total. The molecule has 0 heterocycles. The zero-order chi connectivity index (χ0) is 11.0. The molecule has 0 unspecified atom stereocenters. The molecule has 0 fully saturated rings. The smallest absolute Gasteiger partial charge is 0.347 e. The van der Waals surface area contributed by atoms with Crippen molar-refractivity contribution >= 4 is 11.9 Å². The molecular formula is C9H15NO4. The van der Waals surface area contributed by atoms with Crippen LogP contribution in [0.4, 0.5) is 0 Å². The topological polar surface area (TPSA) is 64.6 Å². The maximum absolute atomic E-state index is 11.2. The molecule has 0 aliphatic heterocycles. The summed E-state index contributed by atoms with van der Waals surface area (Å²) in [5.74, 6) is -1.36. The van der Waals surface area contributed by atoms with E-state index in [0.29, 0.717) is 0 Å². The van der Waals surface area contributed by atoms with Crippen LogP contribution in [0.1, 0.15) is 13.8 Å². The molecule has 0 atom stereocenters. The van der Waals surface area contributed by atoms with E-state index in [4.69, 9.17) is 0 Å². The summed E-state index contributed by atoms with van der Waals surface area (Å²) in [7, 11) is 1.58. The fourth-order valence-corrected chi connectivity index (χ4v) is 0.763. The van der Waals surface area contributed by atoms with Gasteiger partial charge in [0.15, 0.2) is 5.57 Å². The van der Waals surface area contributed by atoms with Gasteiger partial charge in [0.1, 0.15) is 0 Å². The van der Waals surface area contributed by atoms with E-state index in [1.54, 1.807) is 20.9 Å². The average molecular weight is 201 g/mol. The second-order valence-electron chi connectivity index (χ2n) is 2.29. The molecule has 80 valence electrons. The van der Waals surface area contributed by atoms with Gasteiger partial charge in [0.05, 0.1) is 13.2 Å². The third-order valence-corrected chi connectivity index (χ3v) is 1.28. The van der Waals surface area contributed by atoms with Gasteiger partial charge in [-0.3, -0.25) is 0 Å². The Morgan fingerprint density at radius 2 is 1.57 bits per heavy atom. The summed E-state index contributed by atoms with van der Waals surface area (Å²) < 4.78 is 9.35. The van der Waals surface area contributed by atoms with Crippen LogP contribution in [0, 0.1) is 0 Å². The summed E-state index contributed by atoms with van der Waals surface area (Å²) in [4.78, 5) is 22.4. The van der Waals surface area contributed by atoms with Crippen molar-refractivity contribution in [2.75, 3.05) is 20.3 Å². The maximum Gasteiger partial charge on any atom is 0.347 e. The van der Waals surface area contributed by atoms with E-state index in [1.807, 2.05) is 0 Å². The number of rotatable bonds is 5. The van der Waals surface area contributed by atoms with Gasteiger partial charge in [0, 0.05) is 13.2 Å². The quantitative estimate of drug-likeness (QED) is 0.298. The predicted octanol–water partition coefficient (Wildman–Crippen LogP) is 0.216. The number of esters is 2. The Labute approximate surface area is 83.1 Å². The van der Waals surface area contributed by atoms with E-state index < -0.39 is 11.9 Å². The van der Waals surface area contributed by atoms with Crippen LogP contribution in [0.5, 0.6) is 0 Å². The van der Waals surface area contributed by atoms with Crippen LogP contribution in [0.3, 0.4) is 0 Å². The van der Waals surface area contributed by atoms with Crippen LogP contribution in [-0.4, -0.2) is 32.2 Å². The molecule has 0 bridgehead atoms. The number of hydrogen-bond acceptors (Lipinski definition) is 5. The molecule has 5 heteroatoms. The molecule has 0 aromatic heterocycles. The lowest BCUT2D eigenvalue weighted by Gasteiger charge is -2.05. The minimum Gasteiger partial charge on any atom is -0.462 e. The Morgan fingerprint density at radius 1 is 1.14 bits per heavy atom. The molecule has 0 amide bonds. The number of ether oxygens (including phenoxy) is 2. The highest BCUT2D eigenvalue weighted by Gasteiger charge is 2.20. The third kappa shape index (κ3) is 3.93. The Morgan fingerprint density at radius 3 is 1.86 bits per heavy atom. The fourth-order valence-electron chi connectivity index (χ4n) is 0.763. The lowest BCUT2D eigenvalue weighted by atomic mass is 10.3. The summed E-state index contributed by atoms with van der Waals surface area (Å²) in [6, 6.07) is 0. The SMILES string of the molecule is CCOC(=O)C(=CNC)C(=O)OCC. The molecule has 0 rings (SSSR count). The number of nitrogens with one attached hydrogen (secondary N) is 1. The van der Waals surface area contributed by atoms with Crippen molar-refractivity contribution in [2.45, 2.75) is 13.8 Å². The molecular weight excluding hydrogens is 186 g/mol. The summed E-state index contributed by atoms with van der Waals surface area (Å²) in [5, 5.41) is 2.58. The standard InChI is InChI=1S/C9H15NO4/c1-4-13-8(11)7(6-10-3)9(12)14-5-2/h6,10H,4-5H2,1-3H3. The molecule has 5 nitrogen and oxygen atoms in total. The van der Waals surface area contributed by atoms with Gasteiger partial charge in [-0.25, -0.2) is 9.59 Å². The van der Waals surface area contributed by atoms with Gasteiger partial charge in [-0.15, -0.1) is 0 Å². The Hall–Kier alpha value is -1.52. The van der Waals surface area contributed by atoms with E-state index >= 15 is 0 Å². The van der Waals surface area contributed by atoms with Crippen LogP contribution in [-0.2, 0) is 19.1 Å². The summed E-state index contributed by atoms with van der Waals surface area (Å²) in [5.41, 5.74) is -0.129. The largest absolute Gasteiger partial charge is 0.462 e. The molecule has 0 aliphatic carbocycles. The van der Waals surface area contributed by atoms with Crippen LogP contribution in [0.15, 0.2) is 11.8 Å². The van der Waals surface area contributed by atoms with Crippen molar-refractivity contribution in [3.05, 3.63) is 11.8 Å². The summed E-state index contributed by atoms with van der Waals surface area (Å²) in [6.45, 7) is 3.78. The van der Waals surface area contributed by atoms with Crippen molar-refractivity contribution in [1.82, 2.24) is 5.32 Å². The van der Waals surface area contributed by atoms with Gasteiger partial charge in [0.25, 0.3) is 0 Å². The van der Waals surface area contributed by atoms with Crippen LogP contribution >= 0.6 is 0 Å². The number of carbonyl (C=O) groups is 2. The molecule has 0 radical (unpaired) electrons. The maximum atomic E-state index is 11.2. The molecule has 0 spiro atoms. The van der Waals surface area contributed by atoms with E-state index in [0.717, 1.165) is 0 Å². The second-order valence-corrected chi connectivity index (χ2v) is 2.29. The predicted molar refractivity (Wildman–Crippen MR) is 50.4 cm³/mol. The third-order valence-electron chi connectivity index (χ3n) is 1.28. The van der Waals surface area contributed by atoms with Crippen molar-refractivity contribution in [3.63, 3.8) is 0 Å². The number of carbonyl (C=O) groups excluding carboxylic acids is 2. The van der Waals surface area contributed by atoms with Crippen molar-refractivity contribution in [1.29, 1.82) is 0 Å². The minimum absolute atomic E-state index is 0.129. The molecule has 0 saturated carbocycles. The van der Waals surface area contributed by atoms with E-state index in [2.05, 4.69) is 14.8 Å². The Bertz CT molecular complexity index is 215. The van der Waals surface area contributed by atoms with Gasteiger partial charge in [-0.1, -0.05) is 0 Å². The normalized spacial score (nSPS) is 8.79. The van der Waals surface area contributed by atoms with Gasteiger partial charge in [-0.2, -0.15) is 0 Å². The lowest BCUT2D eigenvalue weighted by Crippen LogP contribution is -2.20. The highest BCUT2D eigenvalue weighted by molar-refractivity contribution is 6.13. The molecule has 14 heavy (non-hydrogen) atoms. The van der Waals surface area contributed by atoms with Crippen molar-refractivity contribution < 1.29 is 19.1 Å². The highest BCUT2D eigenvalue weighted by atomic mass is 16.6. The Kier molecular flexibility index (Phi) is 6.19. The van der Waals surface area contributed by atoms with Crippen LogP contribution < -0.4 is 5.32 Å². The molecule has 0 saturated heterocycles.